The van der Waals surface area contributed by atoms with Gasteiger partial charge in [-0.1, -0.05) is 44.2 Å². The SMILES string of the molecule is COc1ccc(C=NNc2ccccc2)cc1COc1cc(C)ccc1C(C)C. The molecule has 0 bridgehead atoms. The van der Waals surface area contributed by atoms with E-state index in [-0.39, 0.29) is 0 Å². The summed E-state index contributed by atoms with van der Waals surface area (Å²) in [6.45, 7) is 6.86. The molecule has 0 atom stereocenters. The Hall–Kier alpha value is -3.27. The highest BCUT2D eigenvalue weighted by Gasteiger charge is 2.10. The van der Waals surface area contributed by atoms with Crippen molar-refractivity contribution in [3.05, 3.63) is 89.0 Å². The van der Waals surface area contributed by atoms with Crippen LogP contribution in [0.15, 0.2) is 71.8 Å². The number of hydrazone groups is 1. The first-order valence-electron chi connectivity index (χ1n) is 9.81. The zero-order chi connectivity index (χ0) is 20.6. The van der Waals surface area contributed by atoms with Gasteiger partial charge in [-0.25, -0.2) is 0 Å². The van der Waals surface area contributed by atoms with Crippen LogP contribution in [-0.2, 0) is 6.61 Å². The molecule has 0 amide bonds. The fourth-order valence-electron chi connectivity index (χ4n) is 3.08. The molecule has 0 aliphatic rings. The monoisotopic (exact) mass is 388 g/mol. The number of hydrogen-bond acceptors (Lipinski definition) is 4. The van der Waals surface area contributed by atoms with Crippen molar-refractivity contribution in [2.75, 3.05) is 12.5 Å². The minimum Gasteiger partial charge on any atom is -0.496 e. The smallest absolute Gasteiger partial charge is 0.125 e. The highest BCUT2D eigenvalue weighted by molar-refractivity contribution is 5.81. The second-order valence-corrected chi connectivity index (χ2v) is 7.29. The van der Waals surface area contributed by atoms with Crippen molar-refractivity contribution >= 4 is 11.9 Å². The predicted molar refractivity (Wildman–Crippen MR) is 120 cm³/mol. The molecule has 0 aliphatic heterocycles. The molecule has 3 aromatic carbocycles. The van der Waals surface area contributed by atoms with Gasteiger partial charge < -0.3 is 9.47 Å². The number of anilines is 1. The molecule has 4 heteroatoms. The van der Waals surface area contributed by atoms with Gasteiger partial charge in [0.2, 0.25) is 0 Å². The number of para-hydroxylation sites is 1. The van der Waals surface area contributed by atoms with E-state index in [1.54, 1.807) is 13.3 Å². The average molecular weight is 389 g/mol. The number of ether oxygens (including phenoxy) is 2. The number of nitrogens with zero attached hydrogens (tertiary/aromatic N) is 1. The number of methoxy groups -OCH3 is 1. The van der Waals surface area contributed by atoms with Crippen LogP contribution in [0.3, 0.4) is 0 Å². The topological polar surface area (TPSA) is 42.8 Å². The summed E-state index contributed by atoms with van der Waals surface area (Å²) < 4.78 is 11.7. The Morgan fingerprint density at radius 1 is 0.966 bits per heavy atom. The highest BCUT2D eigenvalue weighted by Crippen LogP contribution is 2.29. The van der Waals surface area contributed by atoms with Crippen LogP contribution in [0.25, 0.3) is 0 Å². The third kappa shape index (κ3) is 5.61. The fraction of sp³-hybridized carbons (Fsp3) is 0.240. The largest absolute Gasteiger partial charge is 0.496 e. The normalized spacial score (nSPS) is 11.1. The molecule has 0 heterocycles. The van der Waals surface area contributed by atoms with Crippen LogP contribution in [0, 0.1) is 6.92 Å². The van der Waals surface area contributed by atoms with Crippen LogP contribution in [0.2, 0.25) is 0 Å². The molecule has 0 radical (unpaired) electrons. The Bertz CT molecular complexity index is 966. The summed E-state index contributed by atoms with van der Waals surface area (Å²) in [7, 11) is 1.68. The minimum atomic E-state index is 0.398. The van der Waals surface area contributed by atoms with E-state index >= 15 is 0 Å². The van der Waals surface area contributed by atoms with Gasteiger partial charge >= 0.3 is 0 Å². The lowest BCUT2D eigenvalue weighted by molar-refractivity contribution is 0.292. The molecular formula is C25H28N2O2. The minimum absolute atomic E-state index is 0.398. The van der Waals surface area contributed by atoms with E-state index in [2.05, 4.69) is 49.5 Å². The molecule has 0 saturated carbocycles. The van der Waals surface area contributed by atoms with E-state index in [0.717, 1.165) is 28.3 Å². The van der Waals surface area contributed by atoms with E-state index in [4.69, 9.17) is 9.47 Å². The van der Waals surface area contributed by atoms with Gasteiger partial charge in [-0.3, -0.25) is 5.43 Å². The third-order valence-corrected chi connectivity index (χ3v) is 4.66. The van der Waals surface area contributed by atoms with E-state index in [1.165, 1.54) is 11.1 Å². The van der Waals surface area contributed by atoms with Crippen molar-refractivity contribution in [2.24, 2.45) is 5.10 Å². The first-order chi connectivity index (χ1) is 14.1. The Balaban J connectivity index is 1.75. The second kappa shape index (κ2) is 9.78. The Labute approximate surface area is 173 Å². The van der Waals surface area contributed by atoms with Gasteiger partial charge in [0, 0.05) is 5.56 Å². The molecule has 3 aromatic rings. The molecule has 1 N–H and O–H groups in total. The van der Waals surface area contributed by atoms with Crippen molar-refractivity contribution in [1.82, 2.24) is 0 Å². The third-order valence-electron chi connectivity index (χ3n) is 4.66. The summed E-state index contributed by atoms with van der Waals surface area (Å²) in [6.07, 6.45) is 1.79. The molecular weight excluding hydrogens is 360 g/mol. The standard InChI is InChI=1S/C25H28N2O2/c1-18(2)23-12-10-19(3)14-25(23)29-17-21-15-20(11-13-24(21)28-4)16-26-27-22-8-6-5-7-9-22/h5-16,18,27H,17H2,1-4H3. The maximum absolute atomic E-state index is 6.20. The molecule has 150 valence electrons. The van der Waals surface area contributed by atoms with E-state index in [0.29, 0.717) is 12.5 Å². The molecule has 0 fully saturated rings. The first-order valence-corrected chi connectivity index (χ1v) is 9.81. The van der Waals surface area contributed by atoms with Gasteiger partial charge in [-0.15, -0.1) is 0 Å². The van der Waals surface area contributed by atoms with Gasteiger partial charge in [0.05, 0.1) is 19.0 Å². The zero-order valence-electron chi connectivity index (χ0n) is 17.5. The summed E-state index contributed by atoms with van der Waals surface area (Å²) in [6, 6.07) is 22.2. The molecule has 4 nitrogen and oxygen atoms in total. The predicted octanol–water partition coefficient (Wildman–Crippen LogP) is 6.15. The van der Waals surface area contributed by atoms with Crippen molar-refractivity contribution < 1.29 is 9.47 Å². The highest BCUT2D eigenvalue weighted by atomic mass is 16.5. The van der Waals surface area contributed by atoms with Crippen LogP contribution in [-0.4, -0.2) is 13.3 Å². The van der Waals surface area contributed by atoms with Crippen LogP contribution in [0.4, 0.5) is 5.69 Å². The number of rotatable bonds is 8. The summed E-state index contributed by atoms with van der Waals surface area (Å²) in [5.41, 5.74) is 8.32. The molecule has 0 saturated heterocycles. The van der Waals surface area contributed by atoms with Crippen LogP contribution < -0.4 is 14.9 Å². The quantitative estimate of drug-likeness (QED) is 0.372. The summed E-state index contributed by atoms with van der Waals surface area (Å²) in [4.78, 5) is 0. The molecule has 29 heavy (non-hydrogen) atoms. The van der Waals surface area contributed by atoms with E-state index in [1.807, 2.05) is 48.5 Å². The second-order valence-electron chi connectivity index (χ2n) is 7.29. The van der Waals surface area contributed by atoms with Gasteiger partial charge in [0.1, 0.15) is 18.1 Å². The fourth-order valence-corrected chi connectivity index (χ4v) is 3.08. The first kappa shape index (κ1) is 20.5. The maximum atomic E-state index is 6.20. The van der Waals surface area contributed by atoms with Gasteiger partial charge in [0.25, 0.3) is 0 Å². The van der Waals surface area contributed by atoms with Crippen molar-refractivity contribution in [3.8, 4) is 11.5 Å². The lowest BCUT2D eigenvalue weighted by Crippen LogP contribution is -2.03. The Morgan fingerprint density at radius 3 is 2.48 bits per heavy atom. The average Bonchev–Trinajstić information content (AvgIpc) is 2.73. The summed E-state index contributed by atoms with van der Waals surface area (Å²) in [5.74, 6) is 2.12. The van der Waals surface area contributed by atoms with E-state index in [9.17, 15) is 0 Å². The van der Waals surface area contributed by atoms with Crippen LogP contribution in [0.1, 0.15) is 42.0 Å². The molecule has 3 rings (SSSR count). The lowest BCUT2D eigenvalue weighted by atomic mass is 10.0. The number of benzene rings is 3. The van der Waals surface area contributed by atoms with Gasteiger partial charge in [-0.05, 0) is 65.9 Å². The number of aryl methyl sites for hydroxylation is 1. The number of nitrogens with one attached hydrogen (secondary N) is 1. The summed E-state index contributed by atoms with van der Waals surface area (Å²) in [5, 5.41) is 4.32. The Kier molecular flexibility index (Phi) is 6.90. The summed E-state index contributed by atoms with van der Waals surface area (Å²) >= 11 is 0. The molecule has 0 aromatic heterocycles. The van der Waals surface area contributed by atoms with Crippen LogP contribution in [0.5, 0.6) is 11.5 Å². The molecule has 0 aliphatic carbocycles. The Morgan fingerprint density at radius 2 is 1.76 bits per heavy atom. The van der Waals surface area contributed by atoms with Crippen molar-refractivity contribution in [2.45, 2.75) is 33.3 Å². The maximum Gasteiger partial charge on any atom is 0.125 e. The van der Waals surface area contributed by atoms with Crippen molar-refractivity contribution in [3.63, 3.8) is 0 Å². The number of hydrogen-bond donors (Lipinski definition) is 1. The zero-order valence-corrected chi connectivity index (χ0v) is 17.5. The van der Waals surface area contributed by atoms with Crippen molar-refractivity contribution in [1.29, 1.82) is 0 Å². The van der Waals surface area contributed by atoms with Crippen LogP contribution >= 0.6 is 0 Å². The van der Waals surface area contributed by atoms with Gasteiger partial charge in [-0.2, -0.15) is 5.10 Å². The van der Waals surface area contributed by atoms with Gasteiger partial charge in [0.15, 0.2) is 0 Å². The lowest BCUT2D eigenvalue weighted by Gasteiger charge is -2.16. The molecule has 0 spiro atoms. The molecule has 0 unspecified atom stereocenters. The van der Waals surface area contributed by atoms with E-state index < -0.39 is 0 Å².